The summed E-state index contributed by atoms with van der Waals surface area (Å²) in [5, 5.41) is 14.1. The number of carbonyl (C=O) groups is 1. The Balaban J connectivity index is 1.79. The number of nitro benzene ring substituents is 1. The van der Waals surface area contributed by atoms with Crippen LogP contribution < -0.4 is 10.1 Å². The van der Waals surface area contributed by atoms with Crippen LogP contribution in [0.5, 0.6) is 5.75 Å². The van der Waals surface area contributed by atoms with Gasteiger partial charge in [-0.2, -0.15) is 0 Å². The van der Waals surface area contributed by atoms with Crippen molar-refractivity contribution in [3.8, 4) is 5.75 Å². The predicted molar refractivity (Wildman–Crippen MR) is 99.0 cm³/mol. The van der Waals surface area contributed by atoms with Crippen molar-refractivity contribution in [2.75, 3.05) is 26.7 Å². The van der Waals surface area contributed by atoms with E-state index in [0.29, 0.717) is 12.3 Å². The highest BCUT2D eigenvalue weighted by atomic mass is 16.6. The maximum Gasteiger partial charge on any atom is 0.282 e. The fourth-order valence-corrected chi connectivity index (χ4v) is 3.36. The summed E-state index contributed by atoms with van der Waals surface area (Å²) in [5.74, 6) is 1.48. The maximum atomic E-state index is 12.7. The van der Waals surface area contributed by atoms with Crippen molar-refractivity contribution in [1.82, 2.24) is 10.2 Å². The lowest BCUT2D eigenvalue weighted by Gasteiger charge is -2.26. The molecule has 0 aliphatic carbocycles. The molecular formula is C19H23N3O5. The first-order valence-electron chi connectivity index (χ1n) is 8.90. The fraction of sp³-hybridized carbons (Fsp3) is 0.421. The van der Waals surface area contributed by atoms with Gasteiger partial charge in [0, 0.05) is 12.6 Å². The standard InChI is InChI=1S/C19H23N3O5/c1-13-5-8-18(27-13)17(21-9-3-4-10-21)12-20-19(23)15-11-14(26-2)6-7-16(15)22(24)25/h5-8,11,17H,3-4,9-10,12H2,1-2H3,(H,20,23). The molecule has 1 atom stereocenters. The largest absolute Gasteiger partial charge is 0.497 e. The first-order valence-corrected chi connectivity index (χ1v) is 8.90. The van der Waals surface area contributed by atoms with Crippen LogP contribution in [0, 0.1) is 17.0 Å². The van der Waals surface area contributed by atoms with Crippen molar-refractivity contribution in [2.24, 2.45) is 0 Å². The minimum Gasteiger partial charge on any atom is -0.497 e. The van der Waals surface area contributed by atoms with Crippen LogP contribution in [0.25, 0.3) is 0 Å². The van der Waals surface area contributed by atoms with E-state index in [9.17, 15) is 14.9 Å². The highest BCUT2D eigenvalue weighted by Crippen LogP contribution is 2.27. The van der Waals surface area contributed by atoms with Crippen LogP contribution >= 0.6 is 0 Å². The molecule has 1 aromatic carbocycles. The Morgan fingerprint density at radius 3 is 2.67 bits per heavy atom. The molecule has 1 aliphatic rings. The molecule has 1 unspecified atom stereocenters. The second-order valence-corrected chi connectivity index (χ2v) is 6.56. The Morgan fingerprint density at radius 1 is 1.33 bits per heavy atom. The molecule has 1 amide bonds. The summed E-state index contributed by atoms with van der Waals surface area (Å²) in [7, 11) is 1.45. The summed E-state index contributed by atoms with van der Waals surface area (Å²) in [5.41, 5.74) is -0.269. The van der Waals surface area contributed by atoms with Crippen molar-refractivity contribution >= 4 is 11.6 Å². The molecule has 2 aromatic rings. The zero-order valence-electron chi connectivity index (χ0n) is 15.4. The second-order valence-electron chi connectivity index (χ2n) is 6.56. The molecule has 1 aliphatic heterocycles. The third kappa shape index (κ3) is 4.28. The summed E-state index contributed by atoms with van der Waals surface area (Å²) >= 11 is 0. The van der Waals surface area contributed by atoms with Gasteiger partial charge < -0.3 is 14.5 Å². The van der Waals surface area contributed by atoms with Crippen LogP contribution in [0.1, 0.15) is 40.8 Å². The predicted octanol–water partition coefficient (Wildman–Crippen LogP) is 3.07. The number of aryl methyl sites for hydroxylation is 1. The van der Waals surface area contributed by atoms with E-state index in [0.717, 1.165) is 37.5 Å². The minimum absolute atomic E-state index is 0.0184. The SMILES string of the molecule is COc1ccc([N+](=O)[O-])c(C(=O)NCC(c2ccc(C)o2)N2CCCC2)c1. The lowest BCUT2D eigenvalue weighted by atomic mass is 10.1. The van der Waals surface area contributed by atoms with Gasteiger partial charge in [0.15, 0.2) is 0 Å². The number of hydrogen-bond donors (Lipinski definition) is 1. The second kappa shape index (κ2) is 8.22. The van der Waals surface area contributed by atoms with E-state index in [-0.39, 0.29) is 17.3 Å². The fourth-order valence-electron chi connectivity index (χ4n) is 3.36. The molecular weight excluding hydrogens is 350 g/mol. The molecule has 0 spiro atoms. The number of benzene rings is 1. The van der Waals surface area contributed by atoms with Gasteiger partial charge in [0.25, 0.3) is 11.6 Å². The molecule has 0 saturated carbocycles. The molecule has 1 fully saturated rings. The van der Waals surface area contributed by atoms with Crippen LogP contribution in [0.4, 0.5) is 5.69 Å². The van der Waals surface area contributed by atoms with E-state index in [1.54, 1.807) is 0 Å². The summed E-state index contributed by atoms with van der Waals surface area (Å²) in [4.78, 5) is 25.6. The van der Waals surface area contributed by atoms with Crippen molar-refractivity contribution in [3.63, 3.8) is 0 Å². The Hall–Kier alpha value is -2.87. The van der Waals surface area contributed by atoms with Crippen LogP contribution in [-0.4, -0.2) is 42.5 Å². The van der Waals surface area contributed by atoms with E-state index in [1.165, 1.54) is 25.3 Å². The van der Waals surface area contributed by atoms with Gasteiger partial charge in [0.05, 0.1) is 18.1 Å². The van der Waals surface area contributed by atoms with Gasteiger partial charge in [-0.05, 0) is 57.1 Å². The molecule has 27 heavy (non-hydrogen) atoms. The van der Waals surface area contributed by atoms with Crippen LogP contribution in [0.2, 0.25) is 0 Å². The van der Waals surface area contributed by atoms with E-state index in [1.807, 2.05) is 19.1 Å². The number of rotatable bonds is 7. The number of nitrogens with zero attached hydrogens (tertiary/aromatic N) is 2. The van der Waals surface area contributed by atoms with Gasteiger partial charge in [-0.25, -0.2) is 0 Å². The number of methoxy groups -OCH3 is 1. The molecule has 8 nitrogen and oxygen atoms in total. The minimum atomic E-state index is -0.567. The van der Waals surface area contributed by atoms with Gasteiger partial charge >= 0.3 is 0 Å². The third-order valence-corrected chi connectivity index (χ3v) is 4.77. The molecule has 144 valence electrons. The molecule has 3 rings (SSSR count). The number of amides is 1. The Kier molecular flexibility index (Phi) is 5.75. The molecule has 0 bridgehead atoms. The molecule has 2 heterocycles. The highest BCUT2D eigenvalue weighted by molar-refractivity contribution is 5.98. The molecule has 1 aromatic heterocycles. The first kappa shape index (κ1) is 18.9. The molecule has 8 heteroatoms. The number of likely N-dealkylation sites (tertiary alicyclic amines) is 1. The Morgan fingerprint density at radius 2 is 2.07 bits per heavy atom. The number of furan rings is 1. The van der Waals surface area contributed by atoms with Gasteiger partial charge in [-0.3, -0.25) is 19.8 Å². The quantitative estimate of drug-likeness (QED) is 0.592. The average Bonchev–Trinajstić information content (AvgIpc) is 3.33. The van der Waals surface area contributed by atoms with Gasteiger partial charge in [-0.15, -0.1) is 0 Å². The molecule has 1 saturated heterocycles. The molecule has 1 N–H and O–H groups in total. The summed E-state index contributed by atoms with van der Waals surface area (Å²) in [6.07, 6.45) is 2.21. The van der Waals surface area contributed by atoms with Crippen LogP contribution in [0.3, 0.4) is 0 Å². The summed E-state index contributed by atoms with van der Waals surface area (Å²) in [6, 6.07) is 7.84. The normalized spacial score (nSPS) is 15.5. The number of nitro groups is 1. The summed E-state index contributed by atoms with van der Waals surface area (Å²) < 4.78 is 10.9. The zero-order chi connectivity index (χ0) is 19.4. The molecule has 0 radical (unpaired) electrons. The van der Waals surface area contributed by atoms with E-state index < -0.39 is 10.8 Å². The van der Waals surface area contributed by atoms with Crippen molar-refractivity contribution in [2.45, 2.75) is 25.8 Å². The lowest BCUT2D eigenvalue weighted by molar-refractivity contribution is -0.385. The van der Waals surface area contributed by atoms with E-state index in [4.69, 9.17) is 9.15 Å². The van der Waals surface area contributed by atoms with Crippen molar-refractivity contribution in [3.05, 3.63) is 57.5 Å². The smallest absolute Gasteiger partial charge is 0.282 e. The number of hydrogen-bond acceptors (Lipinski definition) is 6. The van der Waals surface area contributed by atoms with E-state index in [2.05, 4.69) is 10.2 Å². The maximum absolute atomic E-state index is 12.7. The number of nitrogens with one attached hydrogen (secondary N) is 1. The zero-order valence-corrected chi connectivity index (χ0v) is 15.4. The van der Waals surface area contributed by atoms with Gasteiger partial charge in [0.2, 0.25) is 0 Å². The van der Waals surface area contributed by atoms with Crippen molar-refractivity contribution in [1.29, 1.82) is 0 Å². The Bertz CT molecular complexity index is 827. The summed E-state index contributed by atoms with van der Waals surface area (Å²) in [6.45, 7) is 4.04. The highest BCUT2D eigenvalue weighted by Gasteiger charge is 2.28. The first-order chi connectivity index (χ1) is 13.0. The third-order valence-electron chi connectivity index (χ3n) is 4.77. The van der Waals surface area contributed by atoms with Gasteiger partial charge in [0.1, 0.15) is 22.8 Å². The van der Waals surface area contributed by atoms with Crippen molar-refractivity contribution < 1.29 is 18.9 Å². The topological polar surface area (TPSA) is 97.8 Å². The lowest BCUT2D eigenvalue weighted by Crippen LogP contribution is -2.36. The van der Waals surface area contributed by atoms with Crippen LogP contribution in [0.15, 0.2) is 34.7 Å². The van der Waals surface area contributed by atoms with Crippen LogP contribution in [-0.2, 0) is 0 Å². The average molecular weight is 373 g/mol. The Labute approximate surface area is 157 Å². The van der Waals surface area contributed by atoms with E-state index >= 15 is 0 Å². The number of ether oxygens (including phenoxy) is 1. The number of carbonyl (C=O) groups excluding carboxylic acids is 1. The van der Waals surface area contributed by atoms with Gasteiger partial charge in [-0.1, -0.05) is 0 Å². The monoisotopic (exact) mass is 373 g/mol.